The summed E-state index contributed by atoms with van der Waals surface area (Å²) < 4.78 is 0. The molecule has 1 saturated carbocycles. The fourth-order valence-electron chi connectivity index (χ4n) is 3.12. The standard InChI is InChI=1S/C16H23N3O/c1-12-10-13(2)18-16(15(12)11-17)19(8-9-20)14-6-4-3-5-7-14/h10,14,20H,3-9H2,1-2H3. The number of hydrogen-bond donors (Lipinski definition) is 1. The highest BCUT2D eigenvalue weighted by atomic mass is 16.3. The van der Waals surface area contributed by atoms with E-state index in [0.717, 1.165) is 29.9 Å². The minimum atomic E-state index is 0.0933. The second-order valence-electron chi connectivity index (χ2n) is 5.60. The molecular weight excluding hydrogens is 250 g/mol. The zero-order chi connectivity index (χ0) is 14.5. The van der Waals surface area contributed by atoms with Crippen molar-refractivity contribution in [3.05, 3.63) is 22.9 Å². The highest BCUT2D eigenvalue weighted by Crippen LogP contribution is 2.29. The lowest BCUT2D eigenvalue weighted by Crippen LogP contribution is -2.40. The molecule has 1 fully saturated rings. The largest absolute Gasteiger partial charge is 0.395 e. The van der Waals surface area contributed by atoms with Gasteiger partial charge in [0.25, 0.3) is 0 Å². The quantitative estimate of drug-likeness (QED) is 0.916. The maximum atomic E-state index is 9.43. The SMILES string of the molecule is Cc1cc(C)c(C#N)c(N(CCO)C2CCCCC2)n1. The summed E-state index contributed by atoms with van der Waals surface area (Å²) >= 11 is 0. The normalized spacial score (nSPS) is 15.9. The first-order valence-corrected chi connectivity index (χ1v) is 7.43. The molecule has 1 aromatic heterocycles. The van der Waals surface area contributed by atoms with Crippen LogP contribution in [0, 0.1) is 25.2 Å². The van der Waals surface area contributed by atoms with Crippen LogP contribution in [-0.2, 0) is 0 Å². The van der Waals surface area contributed by atoms with Gasteiger partial charge in [0.15, 0.2) is 0 Å². The van der Waals surface area contributed by atoms with Gasteiger partial charge >= 0.3 is 0 Å². The Hall–Kier alpha value is -1.60. The van der Waals surface area contributed by atoms with Crippen LogP contribution in [0.5, 0.6) is 0 Å². The molecule has 0 aliphatic heterocycles. The van der Waals surface area contributed by atoms with Crippen molar-refractivity contribution in [2.45, 2.75) is 52.0 Å². The molecule has 2 rings (SSSR count). The lowest BCUT2D eigenvalue weighted by molar-refractivity contribution is 0.289. The Morgan fingerprint density at radius 3 is 2.65 bits per heavy atom. The number of anilines is 1. The summed E-state index contributed by atoms with van der Waals surface area (Å²) in [6.07, 6.45) is 5.98. The summed E-state index contributed by atoms with van der Waals surface area (Å²) in [5.74, 6) is 0.756. The van der Waals surface area contributed by atoms with Crippen LogP contribution in [0.15, 0.2) is 6.07 Å². The molecule has 1 aliphatic carbocycles. The second kappa shape index (κ2) is 6.71. The summed E-state index contributed by atoms with van der Waals surface area (Å²) in [6.45, 7) is 4.55. The van der Waals surface area contributed by atoms with Gasteiger partial charge in [-0.25, -0.2) is 4.98 Å². The number of rotatable bonds is 4. The van der Waals surface area contributed by atoms with Crippen molar-refractivity contribution in [1.29, 1.82) is 5.26 Å². The number of nitrogens with zero attached hydrogens (tertiary/aromatic N) is 3. The molecular formula is C16H23N3O. The molecule has 0 unspecified atom stereocenters. The third-order valence-electron chi connectivity index (χ3n) is 4.07. The predicted octanol–water partition coefficient (Wildman–Crippen LogP) is 2.70. The van der Waals surface area contributed by atoms with Crippen LogP contribution in [0.25, 0.3) is 0 Å². The van der Waals surface area contributed by atoms with Crippen molar-refractivity contribution in [1.82, 2.24) is 4.98 Å². The van der Waals surface area contributed by atoms with Crippen molar-refractivity contribution >= 4 is 5.82 Å². The molecule has 1 N–H and O–H groups in total. The van der Waals surface area contributed by atoms with Crippen molar-refractivity contribution in [3.8, 4) is 6.07 Å². The molecule has 0 saturated heterocycles. The van der Waals surface area contributed by atoms with Gasteiger partial charge in [-0.15, -0.1) is 0 Å². The van der Waals surface area contributed by atoms with Crippen LogP contribution in [0.4, 0.5) is 5.82 Å². The Balaban J connectivity index is 2.40. The van der Waals surface area contributed by atoms with Crippen molar-refractivity contribution in [3.63, 3.8) is 0 Å². The van der Waals surface area contributed by atoms with E-state index in [-0.39, 0.29) is 6.61 Å². The number of nitriles is 1. The molecule has 0 bridgehead atoms. The van der Waals surface area contributed by atoms with E-state index in [0.29, 0.717) is 18.2 Å². The number of aromatic nitrogens is 1. The molecule has 0 atom stereocenters. The van der Waals surface area contributed by atoms with Crippen LogP contribution >= 0.6 is 0 Å². The molecule has 108 valence electrons. The average molecular weight is 273 g/mol. The molecule has 4 nitrogen and oxygen atoms in total. The molecule has 1 aliphatic rings. The van der Waals surface area contributed by atoms with Gasteiger partial charge in [0.1, 0.15) is 11.9 Å². The van der Waals surface area contributed by atoms with E-state index < -0.39 is 0 Å². The molecule has 0 spiro atoms. The Kier molecular flexibility index (Phi) is 4.97. The predicted molar refractivity (Wildman–Crippen MR) is 79.7 cm³/mol. The zero-order valence-electron chi connectivity index (χ0n) is 12.4. The van der Waals surface area contributed by atoms with Crippen LogP contribution in [0.3, 0.4) is 0 Å². The van der Waals surface area contributed by atoms with Crippen LogP contribution in [0.2, 0.25) is 0 Å². The van der Waals surface area contributed by atoms with Crippen LogP contribution in [-0.4, -0.2) is 29.3 Å². The van der Waals surface area contributed by atoms with Crippen molar-refractivity contribution in [2.24, 2.45) is 0 Å². The topological polar surface area (TPSA) is 60.2 Å². The summed E-state index contributed by atoms with van der Waals surface area (Å²) in [4.78, 5) is 6.74. The third-order valence-corrected chi connectivity index (χ3v) is 4.07. The number of aryl methyl sites for hydroxylation is 2. The number of aliphatic hydroxyl groups excluding tert-OH is 1. The molecule has 0 radical (unpaired) electrons. The van der Waals surface area contributed by atoms with Gasteiger partial charge in [0.2, 0.25) is 0 Å². The molecule has 0 aromatic carbocycles. The molecule has 1 heterocycles. The highest BCUT2D eigenvalue weighted by molar-refractivity contribution is 5.58. The van der Waals surface area contributed by atoms with Gasteiger partial charge < -0.3 is 10.0 Å². The first-order chi connectivity index (χ1) is 9.67. The minimum absolute atomic E-state index is 0.0933. The number of aliphatic hydroxyl groups is 1. The Bertz CT molecular complexity index is 501. The van der Waals surface area contributed by atoms with Crippen molar-refractivity contribution < 1.29 is 5.11 Å². The average Bonchev–Trinajstić information content (AvgIpc) is 2.45. The fourth-order valence-corrected chi connectivity index (χ4v) is 3.12. The van der Waals surface area contributed by atoms with Crippen LogP contribution < -0.4 is 4.90 Å². The summed E-state index contributed by atoms with van der Waals surface area (Å²) in [5, 5.41) is 18.8. The molecule has 0 amide bonds. The molecule has 1 aromatic rings. The van der Waals surface area contributed by atoms with E-state index in [1.54, 1.807) is 0 Å². The van der Waals surface area contributed by atoms with Crippen molar-refractivity contribution in [2.75, 3.05) is 18.1 Å². The van der Waals surface area contributed by atoms with Gasteiger partial charge in [-0.1, -0.05) is 19.3 Å². The summed E-state index contributed by atoms with van der Waals surface area (Å²) in [7, 11) is 0. The highest BCUT2D eigenvalue weighted by Gasteiger charge is 2.25. The maximum Gasteiger partial charge on any atom is 0.147 e. The fraction of sp³-hybridized carbons (Fsp3) is 0.625. The van der Waals surface area contributed by atoms with E-state index in [9.17, 15) is 10.4 Å². The monoisotopic (exact) mass is 273 g/mol. The van der Waals surface area contributed by atoms with E-state index in [4.69, 9.17) is 0 Å². The second-order valence-corrected chi connectivity index (χ2v) is 5.60. The van der Waals surface area contributed by atoms with E-state index in [1.165, 1.54) is 19.3 Å². The molecule has 4 heteroatoms. The Morgan fingerprint density at radius 2 is 2.05 bits per heavy atom. The lowest BCUT2D eigenvalue weighted by atomic mass is 9.93. The first kappa shape index (κ1) is 14.8. The van der Waals surface area contributed by atoms with E-state index in [1.807, 2.05) is 19.9 Å². The first-order valence-electron chi connectivity index (χ1n) is 7.43. The van der Waals surface area contributed by atoms with Gasteiger partial charge in [-0.3, -0.25) is 0 Å². The minimum Gasteiger partial charge on any atom is -0.395 e. The van der Waals surface area contributed by atoms with Gasteiger partial charge in [-0.2, -0.15) is 5.26 Å². The Morgan fingerprint density at radius 1 is 1.35 bits per heavy atom. The van der Waals surface area contributed by atoms with Gasteiger partial charge in [-0.05, 0) is 38.3 Å². The van der Waals surface area contributed by atoms with Gasteiger partial charge in [0.05, 0.1) is 12.2 Å². The summed E-state index contributed by atoms with van der Waals surface area (Å²) in [6, 6.07) is 4.63. The van der Waals surface area contributed by atoms with Crippen LogP contribution in [0.1, 0.15) is 48.9 Å². The van der Waals surface area contributed by atoms with E-state index >= 15 is 0 Å². The van der Waals surface area contributed by atoms with Gasteiger partial charge in [0, 0.05) is 18.3 Å². The van der Waals surface area contributed by atoms with E-state index in [2.05, 4.69) is 16.0 Å². The Labute approximate surface area is 121 Å². The number of hydrogen-bond acceptors (Lipinski definition) is 4. The third kappa shape index (κ3) is 3.10. The zero-order valence-corrected chi connectivity index (χ0v) is 12.4. The lowest BCUT2D eigenvalue weighted by Gasteiger charge is -2.35. The maximum absolute atomic E-state index is 9.43. The molecule has 20 heavy (non-hydrogen) atoms. The summed E-state index contributed by atoms with van der Waals surface area (Å²) in [5.41, 5.74) is 2.54. The number of pyridine rings is 1. The smallest absolute Gasteiger partial charge is 0.147 e.